The first-order chi connectivity index (χ1) is 18.4. The molecule has 0 bridgehead atoms. The van der Waals surface area contributed by atoms with Crippen LogP contribution in [-0.2, 0) is 4.79 Å². The molecule has 0 saturated carbocycles. The van der Waals surface area contributed by atoms with Crippen LogP contribution in [-0.4, -0.2) is 53.5 Å². The van der Waals surface area contributed by atoms with Gasteiger partial charge in [-0.25, -0.2) is 4.39 Å². The number of rotatable bonds is 12. The lowest BCUT2D eigenvalue weighted by Gasteiger charge is -2.38. The van der Waals surface area contributed by atoms with E-state index in [4.69, 9.17) is 27.9 Å². The monoisotopic (exact) mass is 578 g/mol. The number of halogens is 3. The van der Waals surface area contributed by atoms with Crippen molar-refractivity contribution in [2.45, 2.75) is 43.2 Å². The molecule has 1 aliphatic rings. The second-order valence-electron chi connectivity index (χ2n) is 9.79. The maximum Gasteiger partial charge on any atom is 0.303 e. The van der Waals surface area contributed by atoms with Gasteiger partial charge in [0, 0.05) is 29.4 Å². The highest BCUT2D eigenvalue weighted by Crippen LogP contribution is 2.37. The van der Waals surface area contributed by atoms with Crippen molar-refractivity contribution in [1.29, 1.82) is 0 Å². The molecule has 1 fully saturated rings. The van der Waals surface area contributed by atoms with E-state index >= 15 is 4.39 Å². The van der Waals surface area contributed by atoms with Gasteiger partial charge in [0.2, 0.25) is 0 Å². The van der Waals surface area contributed by atoms with Crippen molar-refractivity contribution in [2.75, 3.05) is 32.5 Å². The number of nitrogens with zero attached hydrogens (tertiary/aromatic N) is 2. The summed E-state index contributed by atoms with van der Waals surface area (Å²) in [7, 11) is 1.59. The SMILES string of the molecule is COc1ccc2nccc([C@@H](F)CC[C@@H]3CCN(CCCSc4c(Cl)cccc4Cl)C[C@@H]3CC(=O)O)c2c1. The van der Waals surface area contributed by atoms with Crippen molar-refractivity contribution in [3.63, 3.8) is 0 Å². The predicted octanol–water partition coefficient (Wildman–Crippen LogP) is 7.94. The first-order valence-electron chi connectivity index (χ1n) is 12.9. The Labute approximate surface area is 237 Å². The van der Waals surface area contributed by atoms with E-state index < -0.39 is 12.1 Å². The van der Waals surface area contributed by atoms with Gasteiger partial charge >= 0.3 is 5.97 Å². The number of methoxy groups -OCH3 is 1. The van der Waals surface area contributed by atoms with Crippen molar-refractivity contribution in [2.24, 2.45) is 11.8 Å². The summed E-state index contributed by atoms with van der Waals surface area (Å²) in [5.41, 5.74) is 1.34. The third-order valence-electron chi connectivity index (χ3n) is 7.31. The van der Waals surface area contributed by atoms with Crippen LogP contribution in [0, 0.1) is 11.8 Å². The fourth-order valence-electron chi connectivity index (χ4n) is 5.34. The third-order valence-corrected chi connectivity index (χ3v) is 9.38. The molecule has 9 heteroatoms. The minimum atomic E-state index is -1.15. The zero-order chi connectivity index (χ0) is 27.1. The molecule has 0 amide bonds. The molecule has 38 heavy (non-hydrogen) atoms. The molecule has 0 spiro atoms. The van der Waals surface area contributed by atoms with E-state index in [1.165, 1.54) is 0 Å². The first-order valence-corrected chi connectivity index (χ1v) is 14.7. The van der Waals surface area contributed by atoms with Crippen LogP contribution >= 0.6 is 35.0 Å². The van der Waals surface area contributed by atoms with E-state index in [1.54, 1.807) is 31.1 Å². The average molecular weight is 580 g/mol. The molecule has 1 aliphatic heterocycles. The number of ether oxygens (including phenoxy) is 1. The lowest BCUT2D eigenvalue weighted by Crippen LogP contribution is -2.42. The number of aliphatic carboxylic acids is 1. The van der Waals surface area contributed by atoms with Gasteiger partial charge in [0.15, 0.2) is 0 Å². The number of pyridine rings is 1. The van der Waals surface area contributed by atoms with Crippen LogP contribution in [0.3, 0.4) is 0 Å². The second-order valence-corrected chi connectivity index (χ2v) is 11.7. The number of hydrogen-bond acceptors (Lipinski definition) is 5. The smallest absolute Gasteiger partial charge is 0.303 e. The summed E-state index contributed by atoms with van der Waals surface area (Å²) in [6.45, 7) is 2.50. The fraction of sp³-hybridized carbons (Fsp3) is 0.448. The second kappa shape index (κ2) is 13.8. The number of benzene rings is 2. The van der Waals surface area contributed by atoms with Gasteiger partial charge in [0.1, 0.15) is 11.9 Å². The van der Waals surface area contributed by atoms with E-state index in [0.717, 1.165) is 54.0 Å². The van der Waals surface area contributed by atoms with E-state index in [9.17, 15) is 9.90 Å². The molecular formula is C29H33Cl2FN2O3S. The Morgan fingerprint density at radius 1 is 1.24 bits per heavy atom. The lowest BCUT2D eigenvalue weighted by atomic mass is 9.79. The van der Waals surface area contributed by atoms with Gasteiger partial charge in [-0.05, 0) is 98.3 Å². The summed E-state index contributed by atoms with van der Waals surface area (Å²) in [4.78, 5) is 19.2. The Bertz CT molecular complexity index is 1230. The van der Waals surface area contributed by atoms with Gasteiger partial charge in [0.25, 0.3) is 0 Å². The van der Waals surface area contributed by atoms with Crippen LogP contribution in [0.5, 0.6) is 5.75 Å². The predicted molar refractivity (Wildman–Crippen MR) is 153 cm³/mol. The molecule has 5 nitrogen and oxygen atoms in total. The van der Waals surface area contributed by atoms with E-state index in [0.29, 0.717) is 34.2 Å². The van der Waals surface area contributed by atoms with Gasteiger partial charge in [-0.2, -0.15) is 0 Å². The number of aromatic nitrogens is 1. The van der Waals surface area contributed by atoms with Crippen LogP contribution in [0.1, 0.15) is 43.8 Å². The molecular weight excluding hydrogens is 546 g/mol. The molecule has 3 atom stereocenters. The van der Waals surface area contributed by atoms with Crippen molar-refractivity contribution < 1.29 is 19.0 Å². The maximum atomic E-state index is 15.5. The lowest BCUT2D eigenvalue weighted by molar-refractivity contribution is -0.139. The van der Waals surface area contributed by atoms with E-state index in [1.807, 2.05) is 36.4 Å². The summed E-state index contributed by atoms with van der Waals surface area (Å²) >= 11 is 14.2. The van der Waals surface area contributed by atoms with Crippen LogP contribution in [0.25, 0.3) is 10.9 Å². The molecule has 2 aromatic carbocycles. The number of carboxylic acids is 1. The molecule has 204 valence electrons. The van der Waals surface area contributed by atoms with E-state index in [2.05, 4.69) is 9.88 Å². The highest BCUT2D eigenvalue weighted by Gasteiger charge is 2.31. The Morgan fingerprint density at radius 3 is 2.76 bits per heavy atom. The zero-order valence-corrected chi connectivity index (χ0v) is 23.7. The number of alkyl halides is 1. The Balaban J connectivity index is 1.31. The summed E-state index contributed by atoms with van der Waals surface area (Å²) in [5.74, 6) is 0.935. The van der Waals surface area contributed by atoms with Gasteiger partial charge in [-0.1, -0.05) is 29.3 Å². The largest absolute Gasteiger partial charge is 0.497 e. The van der Waals surface area contributed by atoms with Gasteiger partial charge < -0.3 is 14.7 Å². The minimum absolute atomic E-state index is 0.00777. The molecule has 1 aromatic heterocycles. The first kappa shape index (κ1) is 28.9. The summed E-state index contributed by atoms with van der Waals surface area (Å²) < 4.78 is 20.8. The molecule has 0 aliphatic carbocycles. The molecule has 4 rings (SSSR count). The Kier molecular flexibility index (Phi) is 10.5. The topological polar surface area (TPSA) is 62.7 Å². The van der Waals surface area contributed by atoms with Crippen molar-refractivity contribution >= 4 is 51.8 Å². The van der Waals surface area contributed by atoms with Crippen LogP contribution in [0.2, 0.25) is 10.0 Å². The number of likely N-dealkylation sites (tertiary alicyclic amines) is 1. The Morgan fingerprint density at radius 2 is 2.03 bits per heavy atom. The third kappa shape index (κ3) is 7.53. The number of carboxylic acid groups (broad SMARTS) is 1. The Hall–Kier alpha value is -2.06. The quantitative estimate of drug-likeness (QED) is 0.174. The number of fused-ring (bicyclic) bond motifs is 1. The summed E-state index contributed by atoms with van der Waals surface area (Å²) in [5, 5.41) is 11.6. The van der Waals surface area contributed by atoms with E-state index in [-0.39, 0.29) is 18.3 Å². The number of piperidine rings is 1. The van der Waals surface area contributed by atoms with Crippen LogP contribution in [0.15, 0.2) is 53.6 Å². The average Bonchev–Trinajstić information content (AvgIpc) is 2.90. The van der Waals surface area contributed by atoms with Gasteiger partial charge in [0.05, 0.1) is 22.7 Å². The van der Waals surface area contributed by atoms with Crippen LogP contribution < -0.4 is 4.74 Å². The van der Waals surface area contributed by atoms with Gasteiger partial charge in [-0.15, -0.1) is 11.8 Å². The maximum absolute atomic E-state index is 15.5. The summed E-state index contributed by atoms with van der Waals surface area (Å²) in [6, 6.07) is 12.7. The summed E-state index contributed by atoms with van der Waals surface area (Å²) in [6.07, 6.45) is 3.43. The molecule has 1 saturated heterocycles. The molecule has 3 aromatic rings. The van der Waals surface area contributed by atoms with Crippen LogP contribution in [0.4, 0.5) is 4.39 Å². The van der Waals surface area contributed by atoms with Crippen molar-refractivity contribution in [3.05, 3.63) is 64.3 Å². The van der Waals surface area contributed by atoms with Crippen molar-refractivity contribution in [3.8, 4) is 5.75 Å². The highest BCUT2D eigenvalue weighted by atomic mass is 35.5. The van der Waals surface area contributed by atoms with Gasteiger partial charge in [-0.3, -0.25) is 9.78 Å². The highest BCUT2D eigenvalue weighted by molar-refractivity contribution is 7.99. The molecule has 0 unspecified atom stereocenters. The number of carbonyl (C=O) groups is 1. The molecule has 0 radical (unpaired) electrons. The fourth-order valence-corrected chi connectivity index (χ4v) is 6.95. The molecule has 2 heterocycles. The standard InChI is InChI=1S/C29H33Cl2FN2O3S/c1-37-21-7-9-27-23(17-21)22(10-12-33-27)26(32)8-6-19-11-14-34(18-20(19)16-28(35)36)13-3-15-38-29-24(30)4-2-5-25(29)31/h2,4-5,7,9-10,12,17,19-20,26H,3,6,8,11,13-16,18H2,1H3,(H,35,36)/t19-,20+,26+/m1/s1. The molecule has 1 N–H and O–H groups in total. The number of hydrogen-bond donors (Lipinski definition) is 1. The van der Waals surface area contributed by atoms with Crippen molar-refractivity contribution in [1.82, 2.24) is 9.88 Å². The number of thioether (sulfide) groups is 1. The normalized spacial score (nSPS) is 18.9. The zero-order valence-electron chi connectivity index (χ0n) is 21.4. The minimum Gasteiger partial charge on any atom is -0.497 e.